The van der Waals surface area contributed by atoms with Gasteiger partial charge in [0, 0.05) is 18.2 Å². The van der Waals surface area contributed by atoms with E-state index >= 15 is 0 Å². The molecule has 2 aromatic rings. The molecule has 0 spiro atoms. The maximum atomic E-state index is 11.8. The van der Waals surface area contributed by atoms with Crippen molar-refractivity contribution in [3.05, 3.63) is 54.6 Å². The van der Waals surface area contributed by atoms with Crippen molar-refractivity contribution < 1.29 is 19.1 Å². The molecule has 0 heterocycles. The first-order valence-electron chi connectivity index (χ1n) is 6.96. The van der Waals surface area contributed by atoms with Gasteiger partial charge >= 0.3 is 5.97 Å². The van der Waals surface area contributed by atoms with Crippen molar-refractivity contribution in [3.8, 4) is 11.5 Å². The standard InChI is InChI=1S/C17H17NO4/c1-2-17(20)22-15-10-6-7-13(11-15)18-16(19)12-21-14-8-4-3-5-9-14/h3-11H,2,12H2,1H3,(H,18,19). The molecule has 2 aromatic carbocycles. The molecule has 5 nitrogen and oxygen atoms in total. The van der Waals surface area contributed by atoms with E-state index in [0.717, 1.165) is 0 Å². The van der Waals surface area contributed by atoms with E-state index in [4.69, 9.17) is 9.47 Å². The second-order valence-electron chi connectivity index (χ2n) is 4.51. The summed E-state index contributed by atoms with van der Waals surface area (Å²) in [6.07, 6.45) is 0.293. The normalized spacial score (nSPS) is 9.86. The van der Waals surface area contributed by atoms with Crippen molar-refractivity contribution in [2.75, 3.05) is 11.9 Å². The number of hydrogen-bond donors (Lipinski definition) is 1. The monoisotopic (exact) mass is 299 g/mol. The van der Waals surface area contributed by atoms with Gasteiger partial charge in [0.05, 0.1) is 0 Å². The van der Waals surface area contributed by atoms with Crippen LogP contribution in [0, 0.1) is 0 Å². The SMILES string of the molecule is CCC(=O)Oc1cccc(NC(=O)COc2ccccc2)c1. The van der Waals surface area contributed by atoms with E-state index in [1.54, 1.807) is 43.3 Å². The van der Waals surface area contributed by atoms with E-state index in [1.165, 1.54) is 0 Å². The van der Waals surface area contributed by atoms with E-state index in [1.807, 2.05) is 18.2 Å². The van der Waals surface area contributed by atoms with Gasteiger partial charge in [-0.3, -0.25) is 9.59 Å². The topological polar surface area (TPSA) is 64.6 Å². The van der Waals surface area contributed by atoms with Crippen LogP contribution in [0.25, 0.3) is 0 Å². The lowest BCUT2D eigenvalue weighted by atomic mass is 10.3. The Bertz CT molecular complexity index is 640. The fourth-order valence-electron chi connectivity index (χ4n) is 1.70. The van der Waals surface area contributed by atoms with Gasteiger partial charge in [0.25, 0.3) is 5.91 Å². The minimum absolute atomic E-state index is 0.0943. The lowest BCUT2D eigenvalue weighted by Gasteiger charge is -2.09. The minimum Gasteiger partial charge on any atom is -0.484 e. The number of nitrogens with one attached hydrogen (secondary N) is 1. The number of amides is 1. The minimum atomic E-state index is -0.323. The van der Waals surface area contributed by atoms with Crippen LogP contribution < -0.4 is 14.8 Å². The Balaban J connectivity index is 1.88. The average Bonchev–Trinajstić information content (AvgIpc) is 2.54. The first-order valence-corrected chi connectivity index (χ1v) is 6.96. The molecular weight excluding hydrogens is 282 g/mol. The van der Waals surface area contributed by atoms with Crippen molar-refractivity contribution in [1.82, 2.24) is 0 Å². The quantitative estimate of drug-likeness (QED) is 0.658. The van der Waals surface area contributed by atoms with Crippen molar-refractivity contribution in [3.63, 3.8) is 0 Å². The summed E-state index contributed by atoms with van der Waals surface area (Å²) >= 11 is 0. The molecule has 0 bridgehead atoms. The molecule has 22 heavy (non-hydrogen) atoms. The highest BCUT2D eigenvalue weighted by molar-refractivity contribution is 5.92. The zero-order valence-electron chi connectivity index (χ0n) is 12.2. The smallest absolute Gasteiger partial charge is 0.310 e. The largest absolute Gasteiger partial charge is 0.484 e. The summed E-state index contributed by atoms with van der Waals surface area (Å²) < 4.78 is 10.4. The third-order valence-corrected chi connectivity index (χ3v) is 2.75. The first-order chi connectivity index (χ1) is 10.7. The van der Waals surface area contributed by atoms with Gasteiger partial charge in [0.2, 0.25) is 0 Å². The van der Waals surface area contributed by atoms with Crippen LogP contribution in [-0.4, -0.2) is 18.5 Å². The second-order valence-corrected chi connectivity index (χ2v) is 4.51. The number of benzene rings is 2. The van der Waals surface area contributed by atoms with Gasteiger partial charge in [-0.25, -0.2) is 0 Å². The number of ether oxygens (including phenoxy) is 2. The maximum Gasteiger partial charge on any atom is 0.310 e. The lowest BCUT2D eigenvalue weighted by Crippen LogP contribution is -2.20. The van der Waals surface area contributed by atoms with Gasteiger partial charge in [0.15, 0.2) is 6.61 Å². The zero-order valence-corrected chi connectivity index (χ0v) is 12.2. The van der Waals surface area contributed by atoms with Gasteiger partial charge < -0.3 is 14.8 Å². The number of rotatable bonds is 6. The molecule has 0 fully saturated rings. The Kier molecular flexibility index (Phi) is 5.54. The summed E-state index contributed by atoms with van der Waals surface area (Å²) in [6, 6.07) is 15.7. The zero-order chi connectivity index (χ0) is 15.8. The van der Waals surface area contributed by atoms with Crippen LogP contribution in [0.3, 0.4) is 0 Å². The molecule has 0 atom stereocenters. The van der Waals surface area contributed by atoms with E-state index < -0.39 is 0 Å². The lowest BCUT2D eigenvalue weighted by molar-refractivity contribution is -0.134. The number of anilines is 1. The third-order valence-electron chi connectivity index (χ3n) is 2.75. The van der Waals surface area contributed by atoms with Crippen LogP contribution in [0.4, 0.5) is 5.69 Å². The molecule has 0 unspecified atom stereocenters. The highest BCUT2D eigenvalue weighted by atomic mass is 16.5. The third kappa shape index (κ3) is 4.94. The number of carbonyl (C=O) groups excluding carboxylic acids is 2. The van der Waals surface area contributed by atoms with Gasteiger partial charge in [-0.1, -0.05) is 31.2 Å². The Hall–Kier alpha value is -2.82. The molecule has 0 saturated heterocycles. The van der Waals surface area contributed by atoms with Crippen LogP contribution in [0.5, 0.6) is 11.5 Å². The van der Waals surface area contributed by atoms with Gasteiger partial charge in [-0.05, 0) is 24.3 Å². The van der Waals surface area contributed by atoms with Crippen molar-refractivity contribution in [1.29, 1.82) is 0 Å². The highest BCUT2D eigenvalue weighted by Gasteiger charge is 2.06. The molecule has 5 heteroatoms. The summed E-state index contributed by atoms with van der Waals surface area (Å²) in [5.41, 5.74) is 0.545. The molecular formula is C17H17NO4. The fraction of sp³-hybridized carbons (Fsp3) is 0.176. The summed E-state index contributed by atoms with van der Waals surface area (Å²) in [5.74, 6) is 0.413. The molecule has 0 radical (unpaired) electrons. The molecule has 2 rings (SSSR count). The molecule has 0 aliphatic heterocycles. The molecule has 0 aliphatic rings. The summed E-state index contributed by atoms with van der Waals surface area (Å²) in [5, 5.41) is 2.69. The summed E-state index contributed by atoms with van der Waals surface area (Å²) in [6.45, 7) is 1.62. The summed E-state index contributed by atoms with van der Waals surface area (Å²) in [4.78, 5) is 23.1. The van der Waals surface area contributed by atoms with E-state index in [0.29, 0.717) is 23.6 Å². The molecule has 0 aliphatic carbocycles. The number of carbonyl (C=O) groups is 2. The summed E-state index contributed by atoms with van der Waals surface area (Å²) in [7, 11) is 0. The van der Waals surface area contributed by atoms with Crippen molar-refractivity contribution >= 4 is 17.6 Å². The van der Waals surface area contributed by atoms with E-state index in [9.17, 15) is 9.59 Å². The van der Waals surface area contributed by atoms with Gasteiger partial charge in [-0.2, -0.15) is 0 Å². The van der Waals surface area contributed by atoms with Crippen LogP contribution in [-0.2, 0) is 9.59 Å². The number of esters is 1. The molecule has 1 N–H and O–H groups in total. The Morgan fingerprint density at radius 2 is 1.73 bits per heavy atom. The van der Waals surface area contributed by atoms with Gasteiger partial charge in [0.1, 0.15) is 11.5 Å². The highest BCUT2D eigenvalue weighted by Crippen LogP contribution is 2.18. The van der Waals surface area contributed by atoms with E-state index in [2.05, 4.69) is 5.32 Å². The Morgan fingerprint density at radius 1 is 1.00 bits per heavy atom. The average molecular weight is 299 g/mol. The van der Waals surface area contributed by atoms with Crippen molar-refractivity contribution in [2.24, 2.45) is 0 Å². The molecule has 0 saturated carbocycles. The Labute approximate surface area is 128 Å². The van der Waals surface area contributed by atoms with Crippen LogP contribution in [0.1, 0.15) is 13.3 Å². The maximum absolute atomic E-state index is 11.8. The first kappa shape index (κ1) is 15.6. The van der Waals surface area contributed by atoms with Gasteiger partial charge in [-0.15, -0.1) is 0 Å². The Morgan fingerprint density at radius 3 is 2.45 bits per heavy atom. The van der Waals surface area contributed by atoms with Crippen molar-refractivity contribution in [2.45, 2.75) is 13.3 Å². The predicted molar refractivity (Wildman–Crippen MR) is 82.9 cm³/mol. The molecule has 0 aromatic heterocycles. The number of para-hydroxylation sites is 1. The molecule has 114 valence electrons. The van der Waals surface area contributed by atoms with E-state index in [-0.39, 0.29) is 18.5 Å². The van der Waals surface area contributed by atoms with Crippen LogP contribution in [0.15, 0.2) is 54.6 Å². The second kappa shape index (κ2) is 7.83. The van der Waals surface area contributed by atoms with Crippen LogP contribution >= 0.6 is 0 Å². The predicted octanol–water partition coefficient (Wildman–Crippen LogP) is 3.02. The molecule has 1 amide bonds. The fourth-order valence-corrected chi connectivity index (χ4v) is 1.70. The van der Waals surface area contributed by atoms with Crippen LogP contribution in [0.2, 0.25) is 0 Å². The number of hydrogen-bond acceptors (Lipinski definition) is 4.